The van der Waals surface area contributed by atoms with Crippen molar-refractivity contribution < 1.29 is 34.1 Å². The summed E-state index contributed by atoms with van der Waals surface area (Å²) in [5.41, 5.74) is 7.25. The van der Waals surface area contributed by atoms with Gasteiger partial charge in [0.2, 0.25) is 5.88 Å². The Morgan fingerprint density at radius 3 is 1.74 bits per heavy atom. The molecule has 0 radical (unpaired) electrons. The molecular formula is C15H14F5N3O3S. The van der Waals surface area contributed by atoms with E-state index in [1.165, 1.54) is 24.3 Å². The van der Waals surface area contributed by atoms with Crippen LogP contribution in [0.25, 0.3) is 11.1 Å². The molecule has 0 aliphatic heterocycles. The fraction of sp³-hybridized carbons (Fsp3) is 0. The highest BCUT2D eigenvalue weighted by Gasteiger charge is 2.65. The summed E-state index contributed by atoms with van der Waals surface area (Å²) in [6, 6.07) is 8.03. The number of nitrogens with two attached hydrogens (primary N) is 2. The monoisotopic (exact) mass is 411 g/mol. The van der Waals surface area contributed by atoms with Crippen molar-refractivity contribution in [2.75, 3.05) is 0 Å². The maximum Gasteiger partial charge on any atom is 0.357 e. The Kier molecular flexibility index (Phi) is 4.54. The quantitative estimate of drug-likeness (QED) is 0.188. The zero-order valence-electron chi connectivity index (χ0n) is 13.3. The van der Waals surface area contributed by atoms with E-state index in [2.05, 4.69) is 0 Å². The Morgan fingerprint density at radius 2 is 1.37 bits per heavy atom. The zero-order chi connectivity index (χ0) is 20.5. The molecular weight excluding hydrogens is 397 g/mol. The molecule has 0 heterocycles. The average Bonchev–Trinajstić information content (AvgIpc) is 2.57. The zero-order valence-corrected chi connectivity index (χ0v) is 14.2. The second kappa shape index (κ2) is 6.03. The first-order valence-electron chi connectivity index (χ1n) is 7.03. The number of aliphatic carboxylic acids is 1. The number of hydrazine groups is 1. The van der Waals surface area contributed by atoms with Gasteiger partial charge in [-0.2, -0.15) is 0 Å². The van der Waals surface area contributed by atoms with Crippen molar-refractivity contribution in [3.05, 3.63) is 60.1 Å². The third-order valence-corrected chi connectivity index (χ3v) is 4.48. The van der Waals surface area contributed by atoms with Crippen molar-refractivity contribution in [3.8, 4) is 16.9 Å². The lowest BCUT2D eigenvalue weighted by Crippen LogP contribution is -2.31. The van der Waals surface area contributed by atoms with E-state index >= 15 is 0 Å². The normalized spacial score (nSPS) is 15.2. The highest BCUT2D eigenvalue weighted by atomic mass is 32.5. The molecule has 0 amide bonds. The lowest BCUT2D eigenvalue weighted by Gasteiger charge is -2.40. The number of halogens is 5. The number of benzene rings is 2. The van der Waals surface area contributed by atoms with Gasteiger partial charge < -0.3 is 15.6 Å². The molecule has 6 N–H and O–H groups in total. The smallest absolute Gasteiger partial charge is 0.357 e. The van der Waals surface area contributed by atoms with Gasteiger partial charge >= 0.3 is 16.2 Å². The van der Waals surface area contributed by atoms with Crippen molar-refractivity contribution in [2.45, 2.75) is 4.90 Å². The van der Waals surface area contributed by atoms with Crippen molar-refractivity contribution in [2.24, 2.45) is 11.6 Å². The number of hydrogen-bond acceptors (Lipinski definition) is 5. The Bertz CT molecular complexity index is 898. The number of ether oxygens (including phenoxy) is 1. The van der Waals surface area contributed by atoms with Gasteiger partial charge in [-0.15, -0.1) is 0 Å². The van der Waals surface area contributed by atoms with Crippen LogP contribution in [0.2, 0.25) is 0 Å². The molecule has 12 heteroatoms. The van der Waals surface area contributed by atoms with Gasteiger partial charge in [0.25, 0.3) is 0 Å². The van der Waals surface area contributed by atoms with Crippen LogP contribution in [0.1, 0.15) is 0 Å². The predicted octanol–water partition coefficient (Wildman–Crippen LogP) is 4.07. The summed E-state index contributed by atoms with van der Waals surface area (Å²) in [5, 5.41) is 8.78. The lowest BCUT2D eigenvalue weighted by atomic mass is 10.1. The van der Waals surface area contributed by atoms with E-state index in [0.717, 1.165) is 12.1 Å². The van der Waals surface area contributed by atoms with Gasteiger partial charge in [-0.3, -0.25) is 5.43 Å². The first kappa shape index (κ1) is 20.3. The van der Waals surface area contributed by atoms with E-state index in [-0.39, 0.29) is 11.3 Å². The van der Waals surface area contributed by atoms with E-state index in [1.54, 1.807) is 0 Å². The van der Waals surface area contributed by atoms with Gasteiger partial charge in [0.1, 0.15) is 10.6 Å². The van der Waals surface area contributed by atoms with Crippen LogP contribution in [-0.2, 0) is 4.79 Å². The molecule has 2 aromatic carbocycles. The predicted molar refractivity (Wildman–Crippen MR) is 90.1 cm³/mol. The highest BCUT2D eigenvalue weighted by Crippen LogP contribution is 3.02. The van der Waals surface area contributed by atoms with Crippen LogP contribution in [0.15, 0.2) is 65.0 Å². The summed E-state index contributed by atoms with van der Waals surface area (Å²) in [4.78, 5) is 8.80. The maximum atomic E-state index is 12.7. The Hall–Kier alpha value is -2.99. The van der Waals surface area contributed by atoms with Crippen molar-refractivity contribution in [1.29, 1.82) is 0 Å². The van der Waals surface area contributed by atoms with Gasteiger partial charge in [-0.05, 0) is 35.4 Å². The van der Waals surface area contributed by atoms with Crippen LogP contribution in [0.4, 0.5) is 19.4 Å². The van der Waals surface area contributed by atoms with Crippen LogP contribution >= 0.6 is 10.2 Å². The average molecular weight is 411 g/mol. The summed E-state index contributed by atoms with van der Waals surface area (Å²) in [5.74, 6) is 3.36. The molecule has 0 aliphatic rings. The molecule has 0 saturated heterocycles. The van der Waals surface area contributed by atoms with Gasteiger partial charge in [0.05, 0.1) is 0 Å². The molecule has 0 aromatic heterocycles. The molecule has 0 aliphatic carbocycles. The maximum absolute atomic E-state index is 12.7. The number of hydrogen-bond donors (Lipinski definition) is 4. The number of carboxylic acids is 1. The molecule has 0 spiro atoms. The number of nitrogens with one attached hydrogen (secondary N) is 1. The number of carbonyl (C=O) groups is 1. The summed E-state index contributed by atoms with van der Waals surface area (Å²) >= 11 is 0. The number of rotatable bonds is 6. The van der Waals surface area contributed by atoms with Crippen LogP contribution < -0.4 is 21.7 Å². The third-order valence-electron chi connectivity index (χ3n) is 3.31. The molecule has 0 unspecified atom stereocenters. The molecule has 0 saturated carbocycles. The van der Waals surface area contributed by atoms with Crippen LogP contribution in [0, 0.1) is 0 Å². The molecule has 0 bridgehead atoms. The Balaban J connectivity index is 2.26. The highest BCUT2D eigenvalue weighted by molar-refractivity contribution is 8.45. The largest absolute Gasteiger partial charge is 0.476 e. The molecule has 0 atom stereocenters. The Labute approximate surface area is 149 Å². The van der Waals surface area contributed by atoms with Crippen molar-refractivity contribution >= 4 is 16.2 Å². The van der Waals surface area contributed by atoms with E-state index in [0.29, 0.717) is 17.7 Å². The third kappa shape index (κ3) is 5.01. The molecule has 27 heavy (non-hydrogen) atoms. The minimum absolute atomic E-state index is 0.125. The Morgan fingerprint density at radius 1 is 0.926 bits per heavy atom. The van der Waals surface area contributed by atoms with Crippen molar-refractivity contribution in [1.82, 2.24) is 5.43 Å². The number of carboxylic acid groups (broad SMARTS) is 1. The van der Waals surface area contributed by atoms with Crippen LogP contribution in [-0.4, -0.2) is 11.1 Å². The SMILES string of the molecule is NN/C(Oc1ccc(-c2ccc(S(F)(F)(F)(F)F)cc2)cc1)=C(\N)C(=O)O. The van der Waals surface area contributed by atoms with Gasteiger partial charge in [-0.25, -0.2) is 10.6 Å². The topological polar surface area (TPSA) is 111 Å². The standard InChI is InChI=1S/C15H14F5N3O3S/c16-27(17,18,19,20)12-7-3-10(4-8-12)9-1-5-11(6-2-9)26-14(23-22)13(21)15(24)25/h1-8,23H,21-22H2,(H,24,25)/b14-13+. The van der Waals surface area contributed by atoms with E-state index in [4.69, 9.17) is 21.4 Å². The second-order valence-corrected chi connectivity index (χ2v) is 7.72. The summed E-state index contributed by atoms with van der Waals surface area (Å²) in [6.45, 7) is 0. The fourth-order valence-corrected chi connectivity index (χ4v) is 2.65. The van der Waals surface area contributed by atoms with E-state index in [1.807, 2.05) is 5.43 Å². The van der Waals surface area contributed by atoms with Gasteiger partial charge in [0.15, 0.2) is 5.70 Å². The first-order chi connectivity index (χ1) is 12.2. The first-order valence-corrected chi connectivity index (χ1v) is 8.98. The lowest BCUT2D eigenvalue weighted by molar-refractivity contribution is -0.132. The van der Waals surface area contributed by atoms with Gasteiger partial charge in [-0.1, -0.05) is 43.7 Å². The van der Waals surface area contributed by atoms with Gasteiger partial charge in [0, 0.05) is 0 Å². The summed E-state index contributed by atoms with van der Waals surface area (Å²) in [6.07, 6.45) is 0. The van der Waals surface area contributed by atoms with Crippen LogP contribution in [0.3, 0.4) is 0 Å². The fourth-order valence-electron chi connectivity index (χ4n) is 2.00. The summed E-state index contributed by atoms with van der Waals surface area (Å²) < 4.78 is 68.8. The van der Waals surface area contributed by atoms with E-state index < -0.39 is 32.7 Å². The minimum atomic E-state index is -9.72. The summed E-state index contributed by atoms with van der Waals surface area (Å²) in [7, 11) is -9.72. The molecule has 6 nitrogen and oxygen atoms in total. The second-order valence-electron chi connectivity index (χ2n) is 5.31. The van der Waals surface area contributed by atoms with Crippen molar-refractivity contribution in [3.63, 3.8) is 0 Å². The van der Waals surface area contributed by atoms with Crippen LogP contribution in [0.5, 0.6) is 5.75 Å². The van der Waals surface area contributed by atoms with E-state index in [9.17, 15) is 24.2 Å². The molecule has 2 aromatic rings. The minimum Gasteiger partial charge on any atom is -0.476 e. The molecule has 148 valence electrons. The molecule has 2 rings (SSSR count). The molecule has 0 fully saturated rings.